The highest BCUT2D eigenvalue weighted by Gasteiger charge is 2.17. The monoisotopic (exact) mass is 349 g/mol. The number of aromatic nitrogens is 1. The van der Waals surface area contributed by atoms with Crippen molar-refractivity contribution >= 4 is 11.7 Å². The van der Waals surface area contributed by atoms with Crippen LogP contribution in [0.5, 0.6) is 5.75 Å². The highest BCUT2D eigenvalue weighted by atomic mass is 16.5. The van der Waals surface area contributed by atoms with Crippen molar-refractivity contribution in [3.63, 3.8) is 0 Å². The average molecular weight is 349 g/mol. The third kappa shape index (κ3) is 4.97. The van der Waals surface area contributed by atoms with Crippen molar-refractivity contribution in [3.8, 4) is 5.75 Å². The van der Waals surface area contributed by atoms with E-state index in [-0.39, 0.29) is 23.6 Å². The molecule has 1 aliphatic carbocycles. The van der Waals surface area contributed by atoms with Gasteiger partial charge in [0.25, 0.3) is 0 Å². The van der Waals surface area contributed by atoms with E-state index in [4.69, 9.17) is 26.9 Å². The van der Waals surface area contributed by atoms with Gasteiger partial charge in [-0.05, 0) is 44.7 Å². The molecule has 8 N–H and O–H groups in total. The standard InChI is InChI=1S/C16H27N7O2/c1-10-13(25-11-6-4-3-5-7-11)9-8-12(20-10)14(17)15(23(2)19)21-16(18)22-24/h8-9,11,24H,3-7,17,19H2,1-2H3,(H3,18,21,22)/b15-14-. The molecule has 0 aromatic carbocycles. The zero-order valence-electron chi connectivity index (χ0n) is 14.7. The molecule has 0 unspecified atom stereocenters. The van der Waals surface area contributed by atoms with Crippen LogP contribution in [-0.2, 0) is 0 Å². The number of hydroxylamine groups is 1. The summed E-state index contributed by atoms with van der Waals surface area (Å²) in [4.78, 5) is 4.49. The van der Waals surface area contributed by atoms with E-state index in [1.807, 2.05) is 13.0 Å². The third-order valence-electron chi connectivity index (χ3n) is 4.12. The molecule has 0 amide bonds. The number of ether oxygens (including phenoxy) is 1. The first-order chi connectivity index (χ1) is 11.9. The minimum atomic E-state index is -0.357. The van der Waals surface area contributed by atoms with Gasteiger partial charge in [0.1, 0.15) is 17.3 Å². The highest BCUT2D eigenvalue weighted by Crippen LogP contribution is 2.26. The van der Waals surface area contributed by atoms with Gasteiger partial charge in [0.15, 0.2) is 0 Å². The van der Waals surface area contributed by atoms with Crippen LogP contribution in [0.4, 0.5) is 0 Å². The number of nitrogens with zero attached hydrogens (tertiary/aromatic N) is 2. The van der Waals surface area contributed by atoms with E-state index in [2.05, 4.69) is 10.3 Å². The number of nitrogens with two attached hydrogens (primary N) is 2. The summed E-state index contributed by atoms with van der Waals surface area (Å²) < 4.78 is 6.06. The fourth-order valence-electron chi connectivity index (χ4n) is 2.80. The van der Waals surface area contributed by atoms with E-state index in [0.717, 1.165) is 24.3 Å². The zero-order valence-corrected chi connectivity index (χ0v) is 14.7. The Bertz CT molecular complexity index is 639. The smallest absolute Gasteiger partial charge is 0.218 e. The van der Waals surface area contributed by atoms with Gasteiger partial charge in [0.05, 0.1) is 17.5 Å². The number of rotatable bonds is 5. The first kappa shape index (κ1) is 18.8. The Balaban J connectivity index is 2.21. The minimum Gasteiger partial charge on any atom is -0.489 e. The Labute approximate surface area is 147 Å². The maximum absolute atomic E-state index is 8.76. The van der Waals surface area contributed by atoms with Crippen molar-refractivity contribution in [1.29, 1.82) is 5.41 Å². The van der Waals surface area contributed by atoms with E-state index >= 15 is 0 Å². The first-order valence-corrected chi connectivity index (χ1v) is 8.31. The first-order valence-electron chi connectivity index (χ1n) is 8.31. The summed E-state index contributed by atoms with van der Waals surface area (Å²) in [7, 11) is 1.56. The lowest BCUT2D eigenvalue weighted by molar-refractivity contribution is 0.153. The largest absolute Gasteiger partial charge is 0.489 e. The number of nitrogens with one attached hydrogen (secondary N) is 3. The second-order valence-electron chi connectivity index (χ2n) is 6.14. The lowest BCUT2D eigenvalue weighted by Crippen LogP contribution is -2.43. The molecule has 0 atom stereocenters. The molecule has 0 saturated heterocycles. The van der Waals surface area contributed by atoms with E-state index in [1.165, 1.54) is 24.3 Å². The SMILES string of the molecule is Cc1nc(/C(N)=C(\NC(=N)NO)N(C)N)ccc1OC1CCCCC1. The molecular weight excluding hydrogens is 322 g/mol. The second-order valence-corrected chi connectivity index (χ2v) is 6.14. The van der Waals surface area contributed by atoms with Gasteiger partial charge in [-0.15, -0.1) is 0 Å². The van der Waals surface area contributed by atoms with Crippen LogP contribution >= 0.6 is 0 Å². The van der Waals surface area contributed by atoms with E-state index in [1.54, 1.807) is 18.6 Å². The lowest BCUT2D eigenvalue weighted by Gasteiger charge is -2.24. The van der Waals surface area contributed by atoms with Gasteiger partial charge < -0.3 is 15.8 Å². The zero-order chi connectivity index (χ0) is 18.4. The molecule has 0 aliphatic heterocycles. The molecule has 0 spiro atoms. The van der Waals surface area contributed by atoms with Crippen LogP contribution in [0.2, 0.25) is 0 Å². The molecule has 1 saturated carbocycles. The number of hydrogen-bond donors (Lipinski definition) is 6. The number of pyridine rings is 1. The Morgan fingerprint density at radius 1 is 1.36 bits per heavy atom. The number of aryl methyl sites for hydroxylation is 1. The second kappa shape index (κ2) is 8.54. The Hall–Kier alpha value is -2.52. The number of hydrazine groups is 1. The summed E-state index contributed by atoms with van der Waals surface area (Å²) in [6.07, 6.45) is 6.08. The predicted octanol–water partition coefficient (Wildman–Crippen LogP) is 0.995. The predicted molar refractivity (Wildman–Crippen MR) is 95.3 cm³/mol. The molecule has 9 heteroatoms. The van der Waals surface area contributed by atoms with Crippen molar-refractivity contribution < 1.29 is 9.94 Å². The number of guanidine groups is 1. The molecule has 2 rings (SSSR count). The van der Waals surface area contributed by atoms with Gasteiger partial charge in [-0.2, -0.15) is 0 Å². The Morgan fingerprint density at radius 2 is 2.04 bits per heavy atom. The molecule has 1 heterocycles. The molecule has 0 bridgehead atoms. The van der Waals surface area contributed by atoms with Gasteiger partial charge in [0, 0.05) is 7.05 Å². The molecule has 1 fully saturated rings. The average Bonchev–Trinajstić information content (AvgIpc) is 2.61. The van der Waals surface area contributed by atoms with Gasteiger partial charge in [-0.3, -0.25) is 15.6 Å². The summed E-state index contributed by atoms with van der Waals surface area (Å²) in [5.74, 6) is 6.38. The molecule has 1 aromatic rings. The van der Waals surface area contributed by atoms with Crippen LogP contribution < -0.4 is 27.1 Å². The van der Waals surface area contributed by atoms with Crippen LogP contribution in [-0.4, -0.2) is 34.3 Å². The topological polar surface area (TPSA) is 146 Å². The fraction of sp³-hybridized carbons (Fsp3) is 0.500. The summed E-state index contributed by atoms with van der Waals surface area (Å²) in [6, 6.07) is 3.60. The summed E-state index contributed by atoms with van der Waals surface area (Å²) in [5.41, 5.74) is 9.30. The lowest BCUT2D eigenvalue weighted by atomic mass is 9.98. The Morgan fingerprint density at radius 3 is 2.60 bits per heavy atom. The third-order valence-corrected chi connectivity index (χ3v) is 4.12. The van der Waals surface area contributed by atoms with Crippen molar-refractivity contribution in [2.24, 2.45) is 11.6 Å². The normalized spacial score (nSPS) is 16.0. The van der Waals surface area contributed by atoms with Crippen molar-refractivity contribution in [2.75, 3.05) is 7.05 Å². The summed E-state index contributed by atoms with van der Waals surface area (Å²) in [6.45, 7) is 1.87. The van der Waals surface area contributed by atoms with Crippen LogP contribution in [0.25, 0.3) is 5.70 Å². The maximum atomic E-state index is 8.76. The van der Waals surface area contributed by atoms with Crippen molar-refractivity contribution in [2.45, 2.75) is 45.1 Å². The molecule has 1 aliphatic rings. The van der Waals surface area contributed by atoms with Gasteiger partial charge >= 0.3 is 0 Å². The van der Waals surface area contributed by atoms with Crippen molar-refractivity contribution in [1.82, 2.24) is 20.8 Å². The summed E-state index contributed by atoms with van der Waals surface area (Å²) >= 11 is 0. The summed E-state index contributed by atoms with van der Waals surface area (Å²) in [5, 5.41) is 20.0. The van der Waals surface area contributed by atoms with Crippen LogP contribution in [0.1, 0.15) is 43.5 Å². The van der Waals surface area contributed by atoms with Gasteiger partial charge in [-0.1, -0.05) is 6.42 Å². The highest BCUT2D eigenvalue weighted by molar-refractivity contribution is 5.79. The quantitative estimate of drug-likeness (QED) is 0.200. The fourth-order valence-corrected chi connectivity index (χ4v) is 2.80. The molecular formula is C16H27N7O2. The van der Waals surface area contributed by atoms with E-state index in [0.29, 0.717) is 5.69 Å². The molecule has 138 valence electrons. The van der Waals surface area contributed by atoms with Crippen LogP contribution in [0, 0.1) is 12.3 Å². The Kier molecular flexibility index (Phi) is 6.43. The van der Waals surface area contributed by atoms with E-state index < -0.39 is 0 Å². The van der Waals surface area contributed by atoms with Crippen LogP contribution in [0.3, 0.4) is 0 Å². The molecule has 0 radical (unpaired) electrons. The number of hydrogen-bond acceptors (Lipinski definition) is 7. The van der Waals surface area contributed by atoms with Gasteiger partial charge in [-0.25, -0.2) is 16.3 Å². The molecule has 25 heavy (non-hydrogen) atoms. The maximum Gasteiger partial charge on any atom is 0.218 e. The molecule has 9 nitrogen and oxygen atoms in total. The van der Waals surface area contributed by atoms with E-state index in [9.17, 15) is 0 Å². The van der Waals surface area contributed by atoms with Crippen LogP contribution in [0.15, 0.2) is 18.0 Å². The minimum absolute atomic E-state index is 0.236. The molecule has 1 aromatic heterocycles. The van der Waals surface area contributed by atoms with Gasteiger partial charge in [0.2, 0.25) is 5.96 Å². The van der Waals surface area contributed by atoms with Crippen molar-refractivity contribution in [3.05, 3.63) is 29.3 Å².